The monoisotopic (exact) mass is 475 g/mol. The molecule has 1 aliphatic rings. The summed E-state index contributed by atoms with van der Waals surface area (Å²) in [6.45, 7) is 6.73. The number of nitrogens with zero attached hydrogens (tertiary/aromatic N) is 2. The number of benzene rings is 1. The lowest BCUT2D eigenvalue weighted by Gasteiger charge is -2.34. The minimum Gasteiger partial charge on any atom is -0.490 e. The van der Waals surface area contributed by atoms with E-state index in [9.17, 15) is 0 Å². The van der Waals surface area contributed by atoms with Crippen molar-refractivity contribution in [1.29, 1.82) is 0 Å². The molecule has 0 unspecified atom stereocenters. The lowest BCUT2D eigenvalue weighted by molar-refractivity contribution is 0.126. The Balaban J connectivity index is 0.00000338. The molecule has 2 rings (SSSR count). The molecule has 0 aromatic heterocycles. The van der Waals surface area contributed by atoms with E-state index in [0.29, 0.717) is 6.10 Å². The standard InChI is InChI=1S/C20H33N3O2.HI/c1-3-4-16-24-17-8-13-22-20(21-2)23-14-11-19(12-15-23)25-18-9-6-5-7-10-18;/h5-7,9-10,19H,3-4,8,11-17H2,1-2H3,(H,21,22);1H. The quantitative estimate of drug-likeness (QED) is 0.255. The Labute approximate surface area is 175 Å². The second-order valence-corrected chi connectivity index (χ2v) is 6.41. The second-order valence-electron chi connectivity index (χ2n) is 6.41. The van der Waals surface area contributed by atoms with Crippen molar-refractivity contribution in [3.63, 3.8) is 0 Å². The molecule has 1 aromatic carbocycles. The van der Waals surface area contributed by atoms with Crippen molar-refractivity contribution in [2.45, 2.75) is 45.1 Å². The van der Waals surface area contributed by atoms with Crippen LogP contribution in [0.3, 0.4) is 0 Å². The molecular weight excluding hydrogens is 441 g/mol. The first-order chi connectivity index (χ1) is 12.3. The summed E-state index contributed by atoms with van der Waals surface area (Å²) >= 11 is 0. The number of aliphatic imine (C=N–C) groups is 1. The van der Waals surface area contributed by atoms with Gasteiger partial charge in [0.25, 0.3) is 0 Å². The molecule has 0 radical (unpaired) electrons. The Hall–Kier alpha value is -1.02. The van der Waals surface area contributed by atoms with E-state index >= 15 is 0 Å². The molecule has 148 valence electrons. The van der Waals surface area contributed by atoms with Crippen LogP contribution < -0.4 is 10.1 Å². The summed E-state index contributed by atoms with van der Waals surface area (Å²) in [6.07, 6.45) is 5.69. The van der Waals surface area contributed by atoms with Crippen molar-refractivity contribution < 1.29 is 9.47 Å². The van der Waals surface area contributed by atoms with E-state index in [1.165, 1.54) is 6.42 Å². The average Bonchev–Trinajstić information content (AvgIpc) is 2.66. The Morgan fingerprint density at radius 1 is 1.15 bits per heavy atom. The number of ether oxygens (including phenoxy) is 2. The van der Waals surface area contributed by atoms with Gasteiger partial charge in [0.2, 0.25) is 0 Å². The highest BCUT2D eigenvalue weighted by Crippen LogP contribution is 2.18. The first kappa shape index (κ1) is 23.0. The molecule has 0 saturated carbocycles. The minimum absolute atomic E-state index is 0. The van der Waals surface area contributed by atoms with Crippen molar-refractivity contribution in [2.75, 3.05) is 39.9 Å². The summed E-state index contributed by atoms with van der Waals surface area (Å²) in [7, 11) is 1.85. The number of guanidine groups is 1. The molecule has 0 spiro atoms. The molecule has 26 heavy (non-hydrogen) atoms. The molecule has 6 heteroatoms. The molecule has 1 saturated heterocycles. The van der Waals surface area contributed by atoms with E-state index < -0.39 is 0 Å². The summed E-state index contributed by atoms with van der Waals surface area (Å²) in [5, 5.41) is 3.45. The predicted octanol–water partition coefficient (Wildman–Crippen LogP) is 3.93. The molecule has 1 heterocycles. The van der Waals surface area contributed by atoms with Gasteiger partial charge in [-0.1, -0.05) is 31.5 Å². The largest absolute Gasteiger partial charge is 0.490 e. The van der Waals surface area contributed by atoms with E-state index in [2.05, 4.69) is 22.1 Å². The number of piperidine rings is 1. The van der Waals surface area contributed by atoms with Crippen LogP contribution in [0, 0.1) is 0 Å². The van der Waals surface area contributed by atoms with Gasteiger partial charge in [0, 0.05) is 52.7 Å². The lowest BCUT2D eigenvalue weighted by Crippen LogP contribution is -2.47. The summed E-state index contributed by atoms with van der Waals surface area (Å²) in [4.78, 5) is 6.74. The summed E-state index contributed by atoms with van der Waals surface area (Å²) in [6, 6.07) is 10.1. The second kappa shape index (κ2) is 14.1. The highest BCUT2D eigenvalue weighted by Gasteiger charge is 2.22. The van der Waals surface area contributed by atoms with Crippen molar-refractivity contribution in [1.82, 2.24) is 10.2 Å². The number of rotatable bonds is 9. The van der Waals surface area contributed by atoms with Gasteiger partial charge in [-0.2, -0.15) is 0 Å². The van der Waals surface area contributed by atoms with E-state index in [4.69, 9.17) is 9.47 Å². The zero-order valence-electron chi connectivity index (χ0n) is 16.2. The highest BCUT2D eigenvalue weighted by molar-refractivity contribution is 14.0. The first-order valence-corrected chi connectivity index (χ1v) is 9.58. The van der Waals surface area contributed by atoms with Gasteiger partial charge in [0.05, 0.1) is 0 Å². The Morgan fingerprint density at radius 2 is 1.85 bits per heavy atom. The van der Waals surface area contributed by atoms with Crippen LogP contribution in [-0.2, 0) is 4.74 Å². The maximum atomic E-state index is 6.06. The van der Waals surface area contributed by atoms with Crippen LogP contribution in [0.4, 0.5) is 0 Å². The minimum atomic E-state index is 0. The van der Waals surface area contributed by atoms with Crippen LogP contribution in [0.25, 0.3) is 0 Å². The molecular formula is C20H34IN3O2. The molecule has 1 aromatic rings. The molecule has 0 bridgehead atoms. The SMILES string of the molecule is CCCCOCCCNC(=NC)N1CCC(Oc2ccccc2)CC1.I. The van der Waals surface area contributed by atoms with Crippen molar-refractivity contribution in [3.05, 3.63) is 30.3 Å². The predicted molar refractivity (Wildman–Crippen MR) is 119 cm³/mol. The maximum Gasteiger partial charge on any atom is 0.193 e. The Bertz CT molecular complexity index is 491. The molecule has 0 atom stereocenters. The fraction of sp³-hybridized carbons (Fsp3) is 0.650. The number of unbranched alkanes of at least 4 members (excludes halogenated alkanes) is 1. The summed E-state index contributed by atoms with van der Waals surface area (Å²) in [5.74, 6) is 1.96. The van der Waals surface area contributed by atoms with E-state index in [1.54, 1.807) is 0 Å². The van der Waals surface area contributed by atoms with Crippen LogP contribution in [-0.4, -0.2) is 56.9 Å². The van der Waals surface area contributed by atoms with Gasteiger partial charge in [0.1, 0.15) is 11.9 Å². The van der Waals surface area contributed by atoms with Gasteiger partial charge in [-0.25, -0.2) is 0 Å². The van der Waals surface area contributed by atoms with Crippen LogP contribution in [0.1, 0.15) is 39.0 Å². The van der Waals surface area contributed by atoms with Gasteiger partial charge in [0.15, 0.2) is 5.96 Å². The normalized spacial score (nSPS) is 15.5. The maximum absolute atomic E-state index is 6.06. The van der Waals surface area contributed by atoms with Crippen molar-refractivity contribution >= 4 is 29.9 Å². The molecule has 1 aliphatic heterocycles. The Morgan fingerprint density at radius 3 is 2.50 bits per heavy atom. The van der Waals surface area contributed by atoms with Crippen molar-refractivity contribution in [3.8, 4) is 5.75 Å². The van der Waals surface area contributed by atoms with Crippen LogP contribution in [0.5, 0.6) is 5.75 Å². The smallest absolute Gasteiger partial charge is 0.193 e. The average molecular weight is 475 g/mol. The number of hydrogen-bond acceptors (Lipinski definition) is 3. The molecule has 0 amide bonds. The fourth-order valence-electron chi connectivity index (χ4n) is 2.93. The number of para-hydroxylation sites is 1. The van der Waals surface area contributed by atoms with Crippen LogP contribution >= 0.6 is 24.0 Å². The fourth-order valence-corrected chi connectivity index (χ4v) is 2.93. The van der Waals surface area contributed by atoms with Gasteiger partial charge in [-0.05, 0) is 25.0 Å². The third kappa shape index (κ3) is 8.58. The van der Waals surface area contributed by atoms with Crippen molar-refractivity contribution in [2.24, 2.45) is 4.99 Å². The number of hydrogen-bond donors (Lipinski definition) is 1. The third-order valence-corrected chi connectivity index (χ3v) is 4.39. The molecule has 1 fully saturated rings. The third-order valence-electron chi connectivity index (χ3n) is 4.39. The number of halogens is 1. The summed E-state index contributed by atoms with van der Waals surface area (Å²) < 4.78 is 11.7. The molecule has 5 nitrogen and oxygen atoms in total. The zero-order valence-corrected chi connectivity index (χ0v) is 18.5. The molecule has 0 aliphatic carbocycles. The van der Waals surface area contributed by atoms with Gasteiger partial charge in [-0.3, -0.25) is 4.99 Å². The topological polar surface area (TPSA) is 46.1 Å². The highest BCUT2D eigenvalue weighted by atomic mass is 127. The van der Waals surface area contributed by atoms with E-state index in [1.807, 2.05) is 37.4 Å². The molecule has 1 N–H and O–H groups in total. The lowest BCUT2D eigenvalue weighted by atomic mass is 10.1. The van der Waals surface area contributed by atoms with Gasteiger partial charge >= 0.3 is 0 Å². The van der Waals surface area contributed by atoms with Crippen LogP contribution in [0.2, 0.25) is 0 Å². The van der Waals surface area contributed by atoms with Crippen LogP contribution in [0.15, 0.2) is 35.3 Å². The zero-order chi connectivity index (χ0) is 17.7. The van der Waals surface area contributed by atoms with Gasteiger partial charge in [-0.15, -0.1) is 24.0 Å². The first-order valence-electron chi connectivity index (χ1n) is 9.58. The summed E-state index contributed by atoms with van der Waals surface area (Å²) in [5.41, 5.74) is 0. The number of likely N-dealkylation sites (tertiary alicyclic amines) is 1. The van der Waals surface area contributed by atoms with E-state index in [-0.39, 0.29) is 24.0 Å². The Kier molecular flexibility index (Phi) is 12.5. The van der Waals surface area contributed by atoms with E-state index in [0.717, 1.165) is 70.2 Å². The number of nitrogens with one attached hydrogen (secondary N) is 1. The van der Waals surface area contributed by atoms with Gasteiger partial charge < -0.3 is 19.7 Å².